The molecule has 0 aliphatic carbocycles. The van der Waals surface area contributed by atoms with Gasteiger partial charge in [-0.1, -0.05) is 12.6 Å². The molecule has 4 nitrogen and oxygen atoms in total. The Hall–Kier alpha value is -1.01. The van der Waals surface area contributed by atoms with Gasteiger partial charge < -0.3 is 9.64 Å². The third-order valence-electron chi connectivity index (χ3n) is 2.74. The highest BCUT2D eigenvalue weighted by atomic mass is 32.1. The summed E-state index contributed by atoms with van der Waals surface area (Å²) in [6.07, 6.45) is 0.455. The van der Waals surface area contributed by atoms with Gasteiger partial charge in [-0.05, 0) is 38.8 Å². The average molecular weight is 299 g/mol. The first-order chi connectivity index (χ1) is 8.76. The Morgan fingerprint density at radius 1 is 1.42 bits per heavy atom. The highest BCUT2D eigenvalue weighted by Gasteiger charge is 2.27. The molecule has 1 aromatic heterocycles. The Kier molecular flexibility index (Phi) is 3.92. The zero-order valence-corrected chi connectivity index (χ0v) is 12.9. The van der Waals surface area contributed by atoms with Gasteiger partial charge in [-0.3, -0.25) is 4.79 Å². The van der Waals surface area contributed by atoms with Gasteiger partial charge in [0.05, 0.1) is 11.4 Å². The van der Waals surface area contributed by atoms with Crippen molar-refractivity contribution >= 4 is 35.2 Å². The van der Waals surface area contributed by atoms with Crippen molar-refractivity contribution in [3.63, 3.8) is 0 Å². The molecule has 0 spiro atoms. The van der Waals surface area contributed by atoms with E-state index in [9.17, 15) is 9.59 Å². The summed E-state index contributed by atoms with van der Waals surface area (Å²) in [4.78, 5) is 26.6. The molecule has 0 saturated carbocycles. The SMILES string of the molecule is CC(C)(C)OC(=O)N1CCc2cc(C(=O)S)sc2C1. The van der Waals surface area contributed by atoms with Crippen molar-refractivity contribution in [2.75, 3.05) is 6.54 Å². The van der Waals surface area contributed by atoms with E-state index in [2.05, 4.69) is 12.6 Å². The van der Waals surface area contributed by atoms with Crippen molar-refractivity contribution in [3.8, 4) is 0 Å². The van der Waals surface area contributed by atoms with Crippen LogP contribution < -0.4 is 0 Å². The second-order valence-electron chi connectivity index (χ2n) is 5.52. The van der Waals surface area contributed by atoms with Crippen molar-refractivity contribution in [2.45, 2.75) is 39.3 Å². The van der Waals surface area contributed by atoms with Gasteiger partial charge in [0.2, 0.25) is 5.12 Å². The number of carbonyl (C=O) groups excluding carboxylic acids is 2. The number of thiol groups is 1. The van der Waals surface area contributed by atoms with Gasteiger partial charge in [0.15, 0.2) is 0 Å². The number of ether oxygens (including phenoxy) is 1. The van der Waals surface area contributed by atoms with Gasteiger partial charge in [-0.25, -0.2) is 4.79 Å². The summed E-state index contributed by atoms with van der Waals surface area (Å²) in [6.45, 7) is 6.68. The maximum absolute atomic E-state index is 12.0. The second-order valence-corrected chi connectivity index (χ2v) is 7.06. The highest BCUT2D eigenvalue weighted by Crippen LogP contribution is 2.29. The maximum Gasteiger partial charge on any atom is 0.410 e. The van der Waals surface area contributed by atoms with E-state index in [-0.39, 0.29) is 11.2 Å². The summed E-state index contributed by atoms with van der Waals surface area (Å²) >= 11 is 5.24. The molecule has 0 saturated heterocycles. The number of hydrogen-bond donors (Lipinski definition) is 1. The predicted molar refractivity (Wildman–Crippen MR) is 78.0 cm³/mol. The van der Waals surface area contributed by atoms with E-state index in [4.69, 9.17) is 4.74 Å². The smallest absolute Gasteiger partial charge is 0.410 e. The molecule has 2 rings (SSSR count). The summed E-state index contributed by atoms with van der Waals surface area (Å²) in [5, 5.41) is -0.219. The molecule has 104 valence electrons. The first-order valence-corrected chi connectivity index (χ1v) is 7.35. The van der Waals surface area contributed by atoms with Crippen LogP contribution in [0.15, 0.2) is 6.07 Å². The Morgan fingerprint density at radius 2 is 2.11 bits per heavy atom. The summed E-state index contributed by atoms with van der Waals surface area (Å²) in [5.41, 5.74) is 0.654. The average Bonchev–Trinajstić information content (AvgIpc) is 2.69. The van der Waals surface area contributed by atoms with Crippen molar-refractivity contribution in [1.29, 1.82) is 0 Å². The van der Waals surface area contributed by atoms with E-state index in [0.29, 0.717) is 18.0 Å². The van der Waals surface area contributed by atoms with Crippen molar-refractivity contribution in [2.24, 2.45) is 0 Å². The van der Waals surface area contributed by atoms with Gasteiger partial charge >= 0.3 is 6.09 Å². The van der Waals surface area contributed by atoms with E-state index >= 15 is 0 Å². The third-order valence-corrected chi connectivity index (χ3v) is 4.30. The Morgan fingerprint density at radius 3 is 2.68 bits per heavy atom. The summed E-state index contributed by atoms with van der Waals surface area (Å²) in [5.74, 6) is 0. The molecule has 0 atom stereocenters. The number of nitrogens with zero attached hydrogens (tertiary/aromatic N) is 1. The van der Waals surface area contributed by atoms with Crippen LogP contribution in [0.4, 0.5) is 4.79 Å². The van der Waals surface area contributed by atoms with Crippen LogP contribution in [0.2, 0.25) is 0 Å². The summed E-state index contributed by atoms with van der Waals surface area (Å²) in [7, 11) is 0. The lowest BCUT2D eigenvalue weighted by molar-refractivity contribution is 0.0226. The zero-order chi connectivity index (χ0) is 14.2. The third kappa shape index (κ3) is 3.51. The van der Waals surface area contributed by atoms with Crippen LogP contribution in [0.5, 0.6) is 0 Å². The van der Waals surface area contributed by atoms with Crippen molar-refractivity contribution in [3.05, 3.63) is 21.4 Å². The molecule has 2 heterocycles. The quantitative estimate of drug-likeness (QED) is 0.811. The lowest BCUT2D eigenvalue weighted by atomic mass is 10.1. The van der Waals surface area contributed by atoms with Gasteiger partial charge in [0.25, 0.3) is 0 Å². The van der Waals surface area contributed by atoms with Crippen LogP contribution in [0, 0.1) is 0 Å². The topological polar surface area (TPSA) is 46.6 Å². The first-order valence-electron chi connectivity index (χ1n) is 6.09. The molecule has 1 aliphatic heterocycles. The summed E-state index contributed by atoms with van der Waals surface area (Å²) in [6, 6.07) is 1.88. The highest BCUT2D eigenvalue weighted by molar-refractivity contribution is 7.97. The predicted octanol–water partition coefficient (Wildman–Crippen LogP) is 3.11. The van der Waals surface area contributed by atoms with Crippen molar-refractivity contribution < 1.29 is 14.3 Å². The van der Waals surface area contributed by atoms with Crippen LogP contribution in [0.1, 0.15) is 40.9 Å². The molecule has 0 unspecified atom stereocenters. The van der Waals surface area contributed by atoms with Gasteiger partial charge in [0.1, 0.15) is 5.60 Å². The van der Waals surface area contributed by atoms with Crippen LogP contribution >= 0.6 is 24.0 Å². The van der Waals surface area contributed by atoms with E-state index in [1.165, 1.54) is 11.3 Å². The summed E-state index contributed by atoms with van der Waals surface area (Å²) < 4.78 is 5.36. The van der Waals surface area contributed by atoms with Crippen LogP contribution in [-0.4, -0.2) is 28.3 Å². The Balaban J connectivity index is 2.09. The fourth-order valence-corrected chi connectivity index (χ4v) is 3.18. The molecule has 1 aliphatic rings. The largest absolute Gasteiger partial charge is 0.444 e. The Labute approximate surface area is 122 Å². The molecule has 0 N–H and O–H groups in total. The molecule has 6 heteroatoms. The minimum Gasteiger partial charge on any atom is -0.444 e. The molecular formula is C13H17NO3S2. The fourth-order valence-electron chi connectivity index (χ4n) is 1.91. The standard InChI is InChI=1S/C13H17NO3S2/c1-13(2,3)17-12(16)14-5-4-8-6-9(11(15)18)19-10(8)7-14/h6H,4-5,7H2,1-3H3,(H,15,18). The molecule has 0 fully saturated rings. The van der Waals surface area contributed by atoms with Crippen LogP contribution in [-0.2, 0) is 17.7 Å². The van der Waals surface area contributed by atoms with Crippen LogP contribution in [0.3, 0.4) is 0 Å². The molecule has 0 radical (unpaired) electrons. The maximum atomic E-state index is 12.0. The van der Waals surface area contributed by atoms with E-state index < -0.39 is 5.60 Å². The van der Waals surface area contributed by atoms with E-state index in [1.807, 2.05) is 26.8 Å². The lowest BCUT2D eigenvalue weighted by Crippen LogP contribution is -2.39. The first kappa shape index (κ1) is 14.4. The zero-order valence-electron chi connectivity index (χ0n) is 11.2. The monoisotopic (exact) mass is 299 g/mol. The lowest BCUT2D eigenvalue weighted by Gasteiger charge is -2.29. The van der Waals surface area contributed by atoms with Crippen molar-refractivity contribution in [1.82, 2.24) is 4.90 Å². The minimum absolute atomic E-state index is 0.219. The molecule has 1 amide bonds. The molecular weight excluding hydrogens is 282 g/mol. The number of rotatable bonds is 1. The minimum atomic E-state index is -0.487. The Bertz CT molecular complexity index is 516. The number of hydrogen-bond acceptors (Lipinski definition) is 4. The number of thiophene rings is 1. The van der Waals surface area contributed by atoms with E-state index in [0.717, 1.165) is 16.9 Å². The fraction of sp³-hybridized carbons (Fsp3) is 0.538. The molecule has 0 bridgehead atoms. The second kappa shape index (κ2) is 5.17. The molecule has 1 aromatic rings. The van der Waals surface area contributed by atoms with Gasteiger partial charge in [-0.15, -0.1) is 11.3 Å². The molecule has 0 aromatic carbocycles. The van der Waals surface area contributed by atoms with Gasteiger partial charge in [-0.2, -0.15) is 0 Å². The normalized spacial score (nSPS) is 15.1. The van der Waals surface area contributed by atoms with E-state index in [1.54, 1.807) is 4.90 Å². The molecule has 19 heavy (non-hydrogen) atoms. The number of fused-ring (bicyclic) bond motifs is 1. The van der Waals surface area contributed by atoms with Crippen LogP contribution in [0.25, 0.3) is 0 Å². The van der Waals surface area contributed by atoms with Gasteiger partial charge in [0, 0.05) is 11.4 Å². The number of amides is 1. The number of carbonyl (C=O) groups is 2.